The molecule has 0 aliphatic heterocycles. The summed E-state index contributed by atoms with van der Waals surface area (Å²) in [5.41, 5.74) is 0. The van der Waals surface area contributed by atoms with E-state index < -0.39 is 5.82 Å². The van der Waals surface area contributed by atoms with E-state index in [0.717, 1.165) is 0 Å². The van der Waals surface area contributed by atoms with Gasteiger partial charge in [-0.2, -0.15) is 0 Å². The fourth-order valence-corrected chi connectivity index (χ4v) is 1.38. The van der Waals surface area contributed by atoms with Gasteiger partial charge in [0.25, 0.3) is 0 Å². The van der Waals surface area contributed by atoms with Crippen LogP contribution >= 0.6 is 34.2 Å². The summed E-state index contributed by atoms with van der Waals surface area (Å²) in [6.07, 6.45) is 0. The van der Waals surface area contributed by atoms with Crippen molar-refractivity contribution in [3.63, 3.8) is 0 Å². The van der Waals surface area contributed by atoms with Gasteiger partial charge >= 0.3 is 0 Å². The van der Waals surface area contributed by atoms with Crippen LogP contribution in [0.25, 0.3) is 0 Å². The lowest BCUT2D eigenvalue weighted by atomic mass is 10.3. The summed E-state index contributed by atoms with van der Waals surface area (Å²) in [6.45, 7) is -0.0171. The summed E-state index contributed by atoms with van der Waals surface area (Å²) in [7, 11) is 1.46. The third kappa shape index (κ3) is 2.69. The second-order valence-corrected chi connectivity index (χ2v) is 3.79. The summed E-state index contributed by atoms with van der Waals surface area (Å²) in [5.74, 6) is -0.416. The molecule has 1 aromatic carbocycles. The molecule has 0 amide bonds. The van der Waals surface area contributed by atoms with Crippen LogP contribution in [-0.4, -0.2) is 13.9 Å². The van der Waals surface area contributed by atoms with E-state index in [1.165, 1.54) is 7.11 Å². The van der Waals surface area contributed by atoms with Gasteiger partial charge in [0.15, 0.2) is 18.4 Å². The first kappa shape index (κ1) is 11.0. The first-order valence-electron chi connectivity index (χ1n) is 3.42. The Bertz CT molecular complexity index is 306. The molecule has 0 heterocycles. The molecular weight excluding hydrogens is 309 g/mol. The number of halogens is 3. The molecule has 0 saturated carbocycles. The number of ether oxygens (including phenoxy) is 2. The standard InChI is InChI=1S/C8H7ClFIO2/c1-12-4-13-8-5(9)2-3-6(11)7(8)10/h2-3H,4H2,1H3. The van der Waals surface area contributed by atoms with Crippen molar-refractivity contribution in [3.05, 3.63) is 26.5 Å². The van der Waals surface area contributed by atoms with E-state index in [4.69, 9.17) is 16.3 Å². The predicted octanol–water partition coefficient (Wildman–Crippen LogP) is 3.07. The Kier molecular flexibility index (Phi) is 4.21. The third-order valence-corrected chi connectivity index (χ3v) is 2.45. The number of benzene rings is 1. The molecule has 0 N–H and O–H groups in total. The second kappa shape index (κ2) is 4.97. The summed E-state index contributed by atoms with van der Waals surface area (Å²) in [4.78, 5) is 0. The van der Waals surface area contributed by atoms with Crippen LogP contribution in [0.4, 0.5) is 4.39 Å². The lowest BCUT2D eigenvalue weighted by Gasteiger charge is -2.08. The molecule has 0 radical (unpaired) electrons. The Labute approximate surface area is 94.1 Å². The van der Waals surface area contributed by atoms with Crippen molar-refractivity contribution in [1.82, 2.24) is 0 Å². The van der Waals surface area contributed by atoms with E-state index >= 15 is 0 Å². The molecule has 0 aromatic heterocycles. The molecule has 0 unspecified atom stereocenters. The molecule has 1 rings (SSSR count). The van der Waals surface area contributed by atoms with Gasteiger partial charge in [0.2, 0.25) is 0 Å². The number of methoxy groups -OCH3 is 1. The number of hydrogen-bond donors (Lipinski definition) is 0. The zero-order chi connectivity index (χ0) is 9.84. The topological polar surface area (TPSA) is 18.5 Å². The zero-order valence-corrected chi connectivity index (χ0v) is 9.73. The van der Waals surface area contributed by atoms with Gasteiger partial charge in [-0.3, -0.25) is 0 Å². The van der Waals surface area contributed by atoms with Crippen molar-refractivity contribution in [1.29, 1.82) is 0 Å². The largest absolute Gasteiger partial charge is 0.463 e. The molecule has 0 saturated heterocycles. The van der Waals surface area contributed by atoms with E-state index in [9.17, 15) is 4.39 Å². The van der Waals surface area contributed by atoms with Crippen LogP contribution in [0.2, 0.25) is 5.02 Å². The summed E-state index contributed by atoms with van der Waals surface area (Å²) >= 11 is 7.58. The first-order chi connectivity index (χ1) is 6.16. The molecule has 0 spiro atoms. The fraction of sp³-hybridized carbons (Fsp3) is 0.250. The minimum Gasteiger partial charge on any atom is -0.463 e. The van der Waals surface area contributed by atoms with Crippen molar-refractivity contribution in [2.24, 2.45) is 0 Å². The Morgan fingerprint density at radius 1 is 1.54 bits per heavy atom. The molecule has 0 bridgehead atoms. The summed E-state index contributed by atoms with van der Waals surface area (Å²) in [6, 6.07) is 3.16. The maximum absolute atomic E-state index is 13.3. The van der Waals surface area contributed by atoms with E-state index in [1.807, 2.05) is 22.6 Å². The molecular formula is C8H7ClFIO2. The van der Waals surface area contributed by atoms with Crippen LogP contribution in [0.5, 0.6) is 5.75 Å². The molecule has 0 aliphatic rings. The van der Waals surface area contributed by atoms with Gasteiger partial charge in [-0.05, 0) is 34.7 Å². The Morgan fingerprint density at radius 2 is 2.23 bits per heavy atom. The Hall–Kier alpha value is -0.0700. The highest BCUT2D eigenvalue weighted by atomic mass is 127. The average Bonchev–Trinajstić information content (AvgIpc) is 2.12. The van der Waals surface area contributed by atoms with Crippen molar-refractivity contribution >= 4 is 34.2 Å². The number of hydrogen-bond acceptors (Lipinski definition) is 2. The summed E-state index contributed by atoms with van der Waals surface area (Å²) < 4.78 is 23.4. The van der Waals surface area contributed by atoms with Crippen LogP contribution in [0.1, 0.15) is 0 Å². The van der Waals surface area contributed by atoms with Gasteiger partial charge in [-0.1, -0.05) is 11.6 Å². The van der Waals surface area contributed by atoms with Gasteiger partial charge in [-0.25, -0.2) is 4.39 Å². The zero-order valence-electron chi connectivity index (χ0n) is 6.81. The van der Waals surface area contributed by atoms with Crippen LogP contribution in [0.3, 0.4) is 0 Å². The van der Waals surface area contributed by atoms with E-state index in [1.54, 1.807) is 12.1 Å². The van der Waals surface area contributed by atoms with Gasteiger partial charge in [0, 0.05) is 7.11 Å². The Morgan fingerprint density at radius 3 is 2.85 bits per heavy atom. The highest BCUT2D eigenvalue weighted by Gasteiger charge is 2.11. The molecule has 5 heteroatoms. The van der Waals surface area contributed by atoms with Gasteiger partial charge < -0.3 is 9.47 Å². The molecule has 2 nitrogen and oxygen atoms in total. The second-order valence-electron chi connectivity index (χ2n) is 2.22. The highest BCUT2D eigenvalue weighted by Crippen LogP contribution is 2.30. The van der Waals surface area contributed by atoms with Crippen molar-refractivity contribution < 1.29 is 13.9 Å². The lowest BCUT2D eigenvalue weighted by molar-refractivity contribution is 0.0482. The lowest BCUT2D eigenvalue weighted by Crippen LogP contribution is -2.02. The van der Waals surface area contributed by atoms with Crippen molar-refractivity contribution in [2.75, 3.05) is 13.9 Å². The molecule has 13 heavy (non-hydrogen) atoms. The maximum atomic E-state index is 13.3. The molecule has 1 aromatic rings. The van der Waals surface area contributed by atoms with E-state index in [-0.39, 0.29) is 17.6 Å². The van der Waals surface area contributed by atoms with Crippen molar-refractivity contribution in [2.45, 2.75) is 0 Å². The van der Waals surface area contributed by atoms with Crippen LogP contribution in [-0.2, 0) is 4.74 Å². The monoisotopic (exact) mass is 316 g/mol. The number of rotatable bonds is 3. The van der Waals surface area contributed by atoms with Gasteiger partial charge in [0.05, 0.1) is 8.59 Å². The average molecular weight is 316 g/mol. The predicted molar refractivity (Wildman–Crippen MR) is 56.6 cm³/mol. The quantitative estimate of drug-likeness (QED) is 0.485. The minimum atomic E-state index is -0.454. The summed E-state index contributed by atoms with van der Waals surface area (Å²) in [5, 5.41) is 0.245. The van der Waals surface area contributed by atoms with Crippen molar-refractivity contribution in [3.8, 4) is 5.75 Å². The molecule has 0 atom stereocenters. The SMILES string of the molecule is COCOc1c(Cl)ccc(I)c1F. The third-order valence-electron chi connectivity index (χ3n) is 1.32. The van der Waals surface area contributed by atoms with Gasteiger partial charge in [0.1, 0.15) is 0 Å². The molecule has 0 aliphatic carbocycles. The normalized spacial score (nSPS) is 10.2. The van der Waals surface area contributed by atoms with Crippen LogP contribution < -0.4 is 4.74 Å². The Balaban J connectivity index is 2.96. The first-order valence-corrected chi connectivity index (χ1v) is 4.87. The fourth-order valence-electron chi connectivity index (χ4n) is 0.759. The molecule has 0 fully saturated rings. The minimum absolute atomic E-state index is 0.0171. The molecule has 72 valence electrons. The maximum Gasteiger partial charge on any atom is 0.188 e. The van der Waals surface area contributed by atoms with Crippen LogP contribution in [0, 0.1) is 9.39 Å². The highest BCUT2D eigenvalue weighted by molar-refractivity contribution is 14.1. The van der Waals surface area contributed by atoms with E-state index in [0.29, 0.717) is 3.57 Å². The van der Waals surface area contributed by atoms with E-state index in [2.05, 4.69) is 4.74 Å². The van der Waals surface area contributed by atoms with Gasteiger partial charge in [-0.15, -0.1) is 0 Å². The smallest absolute Gasteiger partial charge is 0.188 e. The van der Waals surface area contributed by atoms with Crippen LogP contribution in [0.15, 0.2) is 12.1 Å².